The van der Waals surface area contributed by atoms with E-state index in [9.17, 15) is 9.59 Å². The van der Waals surface area contributed by atoms with Crippen molar-refractivity contribution < 1.29 is 9.59 Å². The molecule has 0 bridgehead atoms. The SMILES string of the molecule is C=C(CCC(C)=O)C/C(C)=C/C(C)=O. The molecule has 0 aromatic rings. The minimum Gasteiger partial charge on any atom is -0.300 e. The van der Waals surface area contributed by atoms with E-state index in [4.69, 9.17) is 0 Å². The van der Waals surface area contributed by atoms with Crippen molar-refractivity contribution in [1.29, 1.82) is 0 Å². The third kappa shape index (κ3) is 7.47. The summed E-state index contributed by atoms with van der Waals surface area (Å²) < 4.78 is 0. The highest BCUT2D eigenvalue weighted by Gasteiger charge is 2.00. The van der Waals surface area contributed by atoms with Gasteiger partial charge in [-0.3, -0.25) is 4.79 Å². The molecule has 0 radical (unpaired) electrons. The molecule has 0 atom stereocenters. The fourth-order valence-corrected chi connectivity index (χ4v) is 1.23. The Labute approximate surface area is 85.7 Å². The summed E-state index contributed by atoms with van der Waals surface area (Å²) in [6, 6.07) is 0. The van der Waals surface area contributed by atoms with Crippen molar-refractivity contribution in [3.63, 3.8) is 0 Å². The molecule has 0 aliphatic rings. The van der Waals surface area contributed by atoms with Gasteiger partial charge in [-0.1, -0.05) is 17.7 Å². The first-order chi connectivity index (χ1) is 6.41. The highest BCUT2D eigenvalue weighted by Crippen LogP contribution is 2.13. The molecular weight excluding hydrogens is 176 g/mol. The fraction of sp³-hybridized carbons (Fsp3) is 0.500. The van der Waals surface area contributed by atoms with Crippen LogP contribution in [0.25, 0.3) is 0 Å². The van der Waals surface area contributed by atoms with Crippen LogP contribution in [-0.4, -0.2) is 11.6 Å². The molecule has 0 spiro atoms. The van der Waals surface area contributed by atoms with Gasteiger partial charge in [0.15, 0.2) is 5.78 Å². The van der Waals surface area contributed by atoms with E-state index in [1.807, 2.05) is 6.92 Å². The monoisotopic (exact) mass is 194 g/mol. The topological polar surface area (TPSA) is 34.1 Å². The predicted octanol–water partition coefficient (Wildman–Crippen LogP) is 2.84. The second kappa shape index (κ2) is 6.30. The highest BCUT2D eigenvalue weighted by atomic mass is 16.1. The van der Waals surface area contributed by atoms with Gasteiger partial charge in [-0.15, -0.1) is 0 Å². The largest absolute Gasteiger partial charge is 0.300 e. The predicted molar refractivity (Wildman–Crippen MR) is 58.1 cm³/mol. The molecule has 0 amide bonds. The summed E-state index contributed by atoms with van der Waals surface area (Å²) in [5.74, 6) is 0.237. The summed E-state index contributed by atoms with van der Waals surface area (Å²) in [5.41, 5.74) is 2.02. The van der Waals surface area contributed by atoms with E-state index in [1.165, 1.54) is 6.92 Å². The summed E-state index contributed by atoms with van der Waals surface area (Å²) in [5, 5.41) is 0. The van der Waals surface area contributed by atoms with Crippen LogP contribution in [0.1, 0.15) is 40.0 Å². The summed E-state index contributed by atoms with van der Waals surface area (Å²) in [6.07, 6.45) is 3.59. The average Bonchev–Trinajstić information content (AvgIpc) is 1.98. The molecule has 2 nitrogen and oxygen atoms in total. The normalized spacial score (nSPS) is 11.2. The molecule has 0 aromatic heterocycles. The van der Waals surface area contributed by atoms with Gasteiger partial charge in [0, 0.05) is 6.42 Å². The third-order valence-electron chi connectivity index (χ3n) is 1.81. The molecule has 0 aliphatic heterocycles. The lowest BCUT2D eigenvalue weighted by Crippen LogP contribution is -1.93. The number of carbonyl (C=O) groups excluding carboxylic acids is 2. The first kappa shape index (κ1) is 12.8. The van der Waals surface area contributed by atoms with E-state index in [2.05, 4.69) is 6.58 Å². The van der Waals surface area contributed by atoms with Crippen molar-refractivity contribution in [2.75, 3.05) is 0 Å². The van der Waals surface area contributed by atoms with Crippen LogP contribution in [0.15, 0.2) is 23.8 Å². The van der Waals surface area contributed by atoms with Gasteiger partial charge in [-0.05, 0) is 39.7 Å². The Kier molecular flexibility index (Phi) is 5.77. The number of hydrogen-bond acceptors (Lipinski definition) is 2. The van der Waals surface area contributed by atoms with E-state index in [1.54, 1.807) is 13.0 Å². The van der Waals surface area contributed by atoms with E-state index in [0.29, 0.717) is 12.8 Å². The van der Waals surface area contributed by atoms with Gasteiger partial charge in [-0.2, -0.15) is 0 Å². The van der Waals surface area contributed by atoms with Gasteiger partial charge < -0.3 is 4.79 Å². The Morgan fingerprint density at radius 2 is 1.71 bits per heavy atom. The number of Topliss-reactive ketones (excluding diaryl/α,β-unsaturated/α-hetero) is 1. The van der Waals surface area contributed by atoms with Gasteiger partial charge in [0.05, 0.1) is 0 Å². The lowest BCUT2D eigenvalue weighted by Gasteiger charge is -2.03. The summed E-state index contributed by atoms with van der Waals surface area (Å²) >= 11 is 0. The fourth-order valence-electron chi connectivity index (χ4n) is 1.23. The minimum absolute atomic E-state index is 0.0573. The smallest absolute Gasteiger partial charge is 0.152 e. The minimum atomic E-state index is 0.0573. The standard InChI is InChI=1S/C12H18O2/c1-9(5-6-11(3)13)7-10(2)8-12(4)14/h8H,1,5-7H2,2-4H3/b10-8+. The van der Waals surface area contributed by atoms with Crippen LogP contribution in [0, 0.1) is 0 Å². The van der Waals surface area contributed by atoms with Crippen molar-refractivity contribution in [3.8, 4) is 0 Å². The molecule has 0 fully saturated rings. The molecule has 0 aromatic carbocycles. The lowest BCUT2D eigenvalue weighted by molar-refractivity contribution is -0.117. The second-order valence-corrected chi connectivity index (χ2v) is 3.73. The summed E-state index contributed by atoms with van der Waals surface area (Å²) in [4.78, 5) is 21.4. The van der Waals surface area contributed by atoms with Crippen LogP contribution in [-0.2, 0) is 9.59 Å². The molecular formula is C12H18O2. The van der Waals surface area contributed by atoms with E-state index in [0.717, 1.165) is 17.6 Å². The second-order valence-electron chi connectivity index (χ2n) is 3.73. The number of rotatable bonds is 6. The molecule has 2 heteroatoms. The van der Waals surface area contributed by atoms with Crippen molar-refractivity contribution >= 4 is 11.6 Å². The Bertz CT molecular complexity index is 272. The molecule has 78 valence electrons. The van der Waals surface area contributed by atoms with Gasteiger partial charge in [0.1, 0.15) is 5.78 Å². The molecule has 0 saturated carbocycles. The number of allylic oxidation sites excluding steroid dienone is 3. The maximum Gasteiger partial charge on any atom is 0.152 e. The molecule has 14 heavy (non-hydrogen) atoms. The maximum absolute atomic E-state index is 10.7. The van der Waals surface area contributed by atoms with Crippen molar-refractivity contribution in [2.45, 2.75) is 40.0 Å². The summed E-state index contributed by atoms with van der Waals surface area (Å²) in [6.45, 7) is 8.88. The highest BCUT2D eigenvalue weighted by molar-refractivity contribution is 5.87. The van der Waals surface area contributed by atoms with Gasteiger partial charge in [0.2, 0.25) is 0 Å². The van der Waals surface area contributed by atoms with Crippen LogP contribution in [0.3, 0.4) is 0 Å². The number of carbonyl (C=O) groups is 2. The Hall–Kier alpha value is -1.18. The van der Waals surface area contributed by atoms with Crippen molar-refractivity contribution in [3.05, 3.63) is 23.8 Å². The quantitative estimate of drug-likeness (QED) is 0.481. The zero-order valence-electron chi connectivity index (χ0n) is 9.22. The number of hydrogen-bond donors (Lipinski definition) is 0. The maximum atomic E-state index is 10.7. The molecule has 0 N–H and O–H groups in total. The van der Waals surface area contributed by atoms with Gasteiger partial charge >= 0.3 is 0 Å². The zero-order valence-corrected chi connectivity index (χ0v) is 9.22. The third-order valence-corrected chi connectivity index (χ3v) is 1.81. The van der Waals surface area contributed by atoms with Gasteiger partial charge in [0.25, 0.3) is 0 Å². The van der Waals surface area contributed by atoms with Crippen LogP contribution in [0.2, 0.25) is 0 Å². The van der Waals surface area contributed by atoms with Gasteiger partial charge in [-0.25, -0.2) is 0 Å². The first-order valence-corrected chi connectivity index (χ1v) is 4.75. The molecule has 0 heterocycles. The van der Waals surface area contributed by atoms with E-state index < -0.39 is 0 Å². The summed E-state index contributed by atoms with van der Waals surface area (Å²) in [7, 11) is 0. The van der Waals surface area contributed by atoms with Crippen LogP contribution >= 0.6 is 0 Å². The van der Waals surface area contributed by atoms with Crippen molar-refractivity contribution in [1.82, 2.24) is 0 Å². The zero-order chi connectivity index (χ0) is 11.1. The lowest BCUT2D eigenvalue weighted by atomic mass is 10.0. The Morgan fingerprint density at radius 3 is 2.14 bits per heavy atom. The molecule has 0 aliphatic carbocycles. The Balaban J connectivity index is 3.94. The van der Waals surface area contributed by atoms with Crippen LogP contribution < -0.4 is 0 Å². The Morgan fingerprint density at radius 1 is 1.14 bits per heavy atom. The van der Waals surface area contributed by atoms with E-state index in [-0.39, 0.29) is 11.6 Å². The molecule has 0 unspecified atom stereocenters. The van der Waals surface area contributed by atoms with Crippen LogP contribution in [0.5, 0.6) is 0 Å². The molecule has 0 rings (SSSR count). The van der Waals surface area contributed by atoms with Crippen LogP contribution in [0.4, 0.5) is 0 Å². The van der Waals surface area contributed by atoms with Crippen molar-refractivity contribution in [2.24, 2.45) is 0 Å². The first-order valence-electron chi connectivity index (χ1n) is 4.75. The van der Waals surface area contributed by atoms with E-state index >= 15 is 0 Å². The number of ketones is 2. The molecule has 0 saturated heterocycles. The average molecular weight is 194 g/mol.